The minimum Gasteiger partial charge on any atom is -0.361 e. The molecule has 0 aliphatic rings. The molecule has 0 bridgehead atoms. The van der Waals surface area contributed by atoms with E-state index >= 15 is 0 Å². The molecule has 0 amide bonds. The Morgan fingerprint density at radius 2 is 2.09 bits per heavy atom. The predicted octanol–water partition coefficient (Wildman–Crippen LogP) is 3.14. The van der Waals surface area contributed by atoms with Crippen molar-refractivity contribution in [1.29, 1.82) is 0 Å². The Bertz CT molecular complexity index is 790. The van der Waals surface area contributed by atoms with Crippen molar-refractivity contribution in [3.8, 4) is 11.3 Å². The molecule has 0 atom stereocenters. The molecule has 2 heterocycles. The second kappa shape index (κ2) is 6.37. The summed E-state index contributed by atoms with van der Waals surface area (Å²) in [5.74, 6) is 0. The zero-order chi connectivity index (χ0) is 16.4. The first-order chi connectivity index (χ1) is 11.0. The molecule has 2 aromatic heterocycles. The number of hydrogen-bond acceptors (Lipinski definition) is 2. The fraction of sp³-hybridized carbons (Fsp3) is 0.353. The molecule has 1 aromatic carbocycles. The molecule has 3 rings (SSSR count). The Morgan fingerprint density at radius 3 is 2.78 bits per heavy atom. The van der Waals surface area contributed by atoms with Crippen LogP contribution >= 0.6 is 0 Å². The number of rotatable bonds is 6. The van der Waals surface area contributed by atoms with Crippen LogP contribution < -0.4 is 5.46 Å². The van der Waals surface area contributed by atoms with Crippen LogP contribution in [0.4, 0.5) is 0 Å². The van der Waals surface area contributed by atoms with E-state index in [1.807, 2.05) is 30.6 Å². The van der Waals surface area contributed by atoms with Crippen LogP contribution in [0.15, 0.2) is 36.9 Å². The summed E-state index contributed by atoms with van der Waals surface area (Å²) in [6.45, 7) is 8.42. The minimum atomic E-state index is -1.06. The van der Waals surface area contributed by atoms with Crippen LogP contribution in [0.1, 0.15) is 0 Å². The third kappa shape index (κ3) is 3.59. The topological polar surface area (TPSA) is 42.8 Å². The number of fused-ring (bicyclic) bond motifs is 1. The summed E-state index contributed by atoms with van der Waals surface area (Å²) in [6, 6.07) is 7.19. The monoisotopic (exact) mass is 323 g/mol. The lowest BCUT2D eigenvalue weighted by Gasteiger charge is -2.16. The summed E-state index contributed by atoms with van der Waals surface area (Å²) in [5.41, 5.74) is 3.94. The van der Waals surface area contributed by atoms with Gasteiger partial charge in [0.25, 0.3) is 0 Å². The van der Waals surface area contributed by atoms with Gasteiger partial charge in [0.1, 0.15) is 14.6 Å². The first-order valence-corrected chi connectivity index (χ1v) is 11.6. The van der Waals surface area contributed by atoms with Crippen molar-refractivity contribution in [1.82, 2.24) is 14.5 Å². The summed E-state index contributed by atoms with van der Waals surface area (Å²) in [5, 5.41) is 1.05. The highest BCUT2D eigenvalue weighted by Gasteiger charge is 2.14. The predicted molar refractivity (Wildman–Crippen MR) is 99.0 cm³/mol. The first-order valence-electron chi connectivity index (χ1n) is 7.89. The second-order valence-corrected chi connectivity index (χ2v) is 12.7. The number of imidazole rings is 1. The smallest absolute Gasteiger partial charge is 0.122 e. The SMILES string of the molecule is [B]c1ccc(-c2cnc[nH]2)c2c1ccn2COCC[Si](C)(C)C. The number of benzene rings is 1. The summed E-state index contributed by atoms with van der Waals surface area (Å²) >= 11 is 0. The molecule has 0 saturated carbocycles. The van der Waals surface area contributed by atoms with E-state index in [9.17, 15) is 0 Å². The van der Waals surface area contributed by atoms with Crippen LogP contribution in [-0.2, 0) is 11.5 Å². The average molecular weight is 323 g/mol. The Labute approximate surface area is 139 Å². The van der Waals surface area contributed by atoms with E-state index in [2.05, 4.69) is 34.2 Å². The molecule has 2 radical (unpaired) electrons. The Hall–Kier alpha value is -1.79. The van der Waals surface area contributed by atoms with Gasteiger partial charge in [-0.3, -0.25) is 0 Å². The summed E-state index contributed by atoms with van der Waals surface area (Å²) < 4.78 is 8.02. The van der Waals surface area contributed by atoms with Crippen molar-refractivity contribution in [2.45, 2.75) is 32.4 Å². The molecular weight excluding hydrogens is 301 g/mol. The minimum absolute atomic E-state index is 0.540. The first kappa shape index (κ1) is 16.1. The highest BCUT2D eigenvalue weighted by molar-refractivity contribution is 6.76. The molecule has 0 aliphatic carbocycles. The van der Waals surface area contributed by atoms with Crippen LogP contribution in [-0.4, -0.2) is 37.1 Å². The van der Waals surface area contributed by atoms with Crippen LogP contribution in [0.2, 0.25) is 25.7 Å². The van der Waals surface area contributed by atoms with E-state index in [-0.39, 0.29) is 0 Å². The van der Waals surface area contributed by atoms with Crippen LogP contribution in [0, 0.1) is 0 Å². The number of aromatic amines is 1. The van der Waals surface area contributed by atoms with Crippen LogP contribution in [0.5, 0.6) is 0 Å². The van der Waals surface area contributed by atoms with Crippen molar-refractivity contribution < 1.29 is 4.74 Å². The standard InChI is InChI=1S/C17H22BN3OSi/c1-23(2,3)9-8-22-12-21-7-6-13-15(18)5-4-14(17(13)21)16-10-19-11-20-16/h4-7,10-11H,8-9,12H2,1-3H3,(H,19,20). The molecule has 1 N–H and O–H groups in total. The van der Waals surface area contributed by atoms with Gasteiger partial charge in [-0.15, -0.1) is 0 Å². The highest BCUT2D eigenvalue weighted by atomic mass is 28.3. The Balaban J connectivity index is 1.88. The maximum absolute atomic E-state index is 6.13. The van der Waals surface area contributed by atoms with Gasteiger partial charge in [0.2, 0.25) is 0 Å². The third-order valence-corrected chi connectivity index (χ3v) is 5.68. The fourth-order valence-corrected chi connectivity index (χ4v) is 3.37. The third-order valence-electron chi connectivity index (χ3n) is 3.97. The summed E-state index contributed by atoms with van der Waals surface area (Å²) in [6.07, 6.45) is 5.55. The van der Waals surface area contributed by atoms with Crippen molar-refractivity contribution >= 4 is 32.3 Å². The van der Waals surface area contributed by atoms with E-state index < -0.39 is 8.07 Å². The lowest BCUT2D eigenvalue weighted by Crippen LogP contribution is -2.22. The molecule has 0 spiro atoms. The number of aromatic nitrogens is 3. The highest BCUT2D eigenvalue weighted by Crippen LogP contribution is 2.27. The van der Waals surface area contributed by atoms with E-state index in [0.717, 1.165) is 34.2 Å². The molecule has 0 aliphatic heterocycles. The number of nitrogens with zero attached hydrogens (tertiary/aromatic N) is 2. The number of hydrogen-bond donors (Lipinski definition) is 1. The van der Waals surface area contributed by atoms with E-state index in [1.165, 1.54) is 6.04 Å². The number of H-pyrrole nitrogens is 1. The van der Waals surface area contributed by atoms with Gasteiger partial charge in [-0.05, 0) is 17.5 Å². The molecule has 23 heavy (non-hydrogen) atoms. The maximum atomic E-state index is 6.13. The average Bonchev–Trinajstić information content (AvgIpc) is 3.13. The largest absolute Gasteiger partial charge is 0.361 e. The van der Waals surface area contributed by atoms with Crippen molar-refractivity contribution in [2.24, 2.45) is 0 Å². The molecule has 118 valence electrons. The molecule has 0 saturated heterocycles. The Kier molecular flexibility index (Phi) is 4.46. The molecule has 6 heteroatoms. The Morgan fingerprint density at radius 1 is 1.26 bits per heavy atom. The second-order valence-electron chi connectivity index (χ2n) is 7.06. The van der Waals surface area contributed by atoms with Gasteiger partial charge in [0.15, 0.2) is 0 Å². The van der Waals surface area contributed by atoms with Gasteiger partial charge >= 0.3 is 0 Å². The lowest BCUT2D eigenvalue weighted by atomic mass is 9.90. The normalized spacial score (nSPS) is 12.1. The zero-order valence-electron chi connectivity index (χ0n) is 14.0. The van der Waals surface area contributed by atoms with Crippen LogP contribution in [0.3, 0.4) is 0 Å². The number of nitrogens with one attached hydrogen (secondary N) is 1. The fourth-order valence-electron chi connectivity index (χ4n) is 2.62. The van der Waals surface area contributed by atoms with Crippen LogP contribution in [0.25, 0.3) is 22.2 Å². The van der Waals surface area contributed by atoms with E-state index in [4.69, 9.17) is 12.6 Å². The van der Waals surface area contributed by atoms with Gasteiger partial charge in [-0.2, -0.15) is 0 Å². The van der Waals surface area contributed by atoms with Crippen molar-refractivity contribution in [3.63, 3.8) is 0 Å². The van der Waals surface area contributed by atoms with Gasteiger partial charge in [0, 0.05) is 26.4 Å². The summed E-state index contributed by atoms with van der Waals surface area (Å²) in [7, 11) is 5.07. The van der Waals surface area contributed by atoms with Gasteiger partial charge in [-0.1, -0.05) is 37.2 Å². The summed E-state index contributed by atoms with van der Waals surface area (Å²) in [4.78, 5) is 7.29. The molecule has 0 fully saturated rings. The van der Waals surface area contributed by atoms with Gasteiger partial charge in [-0.25, -0.2) is 4.98 Å². The van der Waals surface area contributed by atoms with Gasteiger partial charge in [0.05, 0.1) is 23.7 Å². The van der Waals surface area contributed by atoms with Gasteiger partial charge < -0.3 is 14.3 Å². The van der Waals surface area contributed by atoms with E-state index in [1.54, 1.807) is 6.33 Å². The maximum Gasteiger partial charge on any atom is 0.122 e. The molecule has 0 unspecified atom stereocenters. The van der Waals surface area contributed by atoms with Crippen molar-refractivity contribution in [2.75, 3.05) is 6.61 Å². The lowest BCUT2D eigenvalue weighted by molar-refractivity contribution is 0.0903. The molecule has 3 aromatic rings. The number of ether oxygens (including phenoxy) is 1. The molecular formula is C17H22BN3OSi. The van der Waals surface area contributed by atoms with Crippen molar-refractivity contribution in [3.05, 3.63) is 36.9 Å². The zero-order valence-corrected chi connectivity index (χ0v) is 15.0. The van der Waals surface area contributed by atoms with E-state index in [0.29, 0.717) is 6.73 Å². The molecule has 4 nitrogen and oxygen atoms in total. The quantitative estimate of drug-likeness (QED) is 0.559.